The maximum atomic E-state index is 11.8. The van der Waals surface area contributed by atoms with Gasteiger partial charge >= 0.3 is 12.1 Å². The van der Waals surface area contributed by atoms with Crippen LogP contribution in [0.2, 0.25) is 0 Å². The molecule has 0 saturated carbocycles. The van der Waals surface area contributed by atoms with Gasteiger partial charge in [0.25, 0.3) is 0 Å². The predicted octanol–water partition coefficient (Wildman–Crippen LogP) is 5.23. The summed E-state index contributed by atoms with van der Waals surface area (Å²) in [6.45, 7) is 12.7. The van der Waals surface area contributed by atoms with Crippen LogP contribution in [0.5, 0.6) is 0 Å². The normalized spacial score (nSPS) is 11.9. The van der Waals surface area contributed by atoms with Gasteiger partial charge in [-0.2, -0.15) is 0 Å². The van der Waals surface area contributed by atoms with Crippen LogP contribution in [0.15, 0.2) is 9.98 Å². The summed E-state index contributed by atoms with van der Waals surface area (Å²) in [4.78, 5) is 32.6. The first-order valence-electron chi connectivity index (χ1n) is 13.5. The molecule has 0 unspecified atom stereocenters. The maximum absolute atomic E-state index is 11.8. The molecule has 4 amide bonds. The summed E-state index contributed by atoms with van der Waals surface area (Å²) >= 11 is 0. The van der Waals surface area contributed by atoms with Gasteiger partial charge in [-0.25, -0.2) is 9.59 Å². The van der Waals surface area contributed by atoms with E-state index in [1.54, 1.807) is 0 Å². The van der Waals surface area contributed by atoms with Gasteiger partial charge in [0.2, 0.25) is 0 Å². The standard InChI is InChI=1S/C26H52N6O2/c1-5-7-15-23(3)27-19-13-21-31-25(33)29-17-11-9-10-12-18-30-26(34)32-22-14-20-28-24(4)16-8-6-2/h5-22H2,1-4H3,(H2,29,31,33)(H2,30,32,34). The lowest BCUT2D eigenvalue weighted by molar-refractivity contribution is 0.239. The third-order valence-corrected chi connectivity index (χ3v) is 5.46. The highest BCUT2D eigenvalue weighted by Crippen LogP contribution is 1.99. The summed E-state index contributed by atoms with van der Waals surface area (Å²) in [5.74, 6) is 0. The maximum Gasteiger partial charge on any atom is 0.314 e. The van der Waals surface area contributed by atoms with Crippen molar-refractivity contribution in [3.05, 3.63) is 0 Å². The first kappa shape index (κ1) is 31.9. The molecule has 0 aromatic heterocycles. The fraction of sp³-hybridized carbons (Fsp3) is 0.846. The van der Waals surface area contributed by atoms with E-state index in [4.69, 9.17) is 0 Å². The number of hydrogen-bond acceptors (Lipinski definition) is 4. The number of aliphatic imine (C=N–C) groups is 2. The first-order valence-corrected chi connectivity index (χ1v) is 13.5. The summed E-state index contributed by atoms with van der Waals surface area (Å²) < 4.78 is 0. The molecule has 0 aliphatic heterocycles. The second-order valence-electron chi connectivity index (χ2n) is 8.93. The van der Waals surface area contributed by atoms with Gasteiger partial charge in [-0.1, -0.05) is 39.5 Å². The van der Waals surface area contributed by atoms with E-state index in [1.807, 2.05) is 0 Å². The molecule has 0 spiro atoms. The van der Waals surface area contributed by atoms with E-state index < -0.39 is 0 Å². The van der Waals surface area contributed by atoms with E-state index in [2.05, 4.69) is 58.9 Å². The van der Waals surface area contributed by atoms with Gasteiger partial charge in [0.15, 0.2) is 0 Å². The van der Waals surface area contributed by atoms with Crippen molar-refractivity contribution in [3.8, 4) is 0 Å². The van der Waals surface area contributed by atoms with E-state index in [1.165, 1.54) is 37.1 Å². The largest absolute Gasteiger partial charge is 0.338 e. The number of hydrogen-bond donors (Lipinski definition) is 4. The zero-order chi connectivity index (χ0) is 25.3. The van der Waals surface area contributed by atoms with Crippen molar-refractivity contribution in [2.45, 2.75) is 105 Å². The Morgan fingerprint density at radius 3 is 1.24 bits per heavy atom. The highest BCUT2D eigenvalue weighted by Gasteiger charge is 2.00. The van der Waals surface area contributed by atoms with Gasteiger partial charge in [-0.15, -0.1) is 0 Å². The summed E-state index contributed by atoms with van der Waals surface area (Å²) in [5, 5.41) is 11.6. The van der Waals surface area contributed by atoms with Crippen LogP contribution in [0.3, 0.4) is 0 Å². The second kappa shape index (κ2) is 24.0. The molecule has 0 bridgehead atoms. The van der Waals surface area contributed by atoms with Crippen LogP contribution < -0.4 is 21.3 Å². The number of nitrogens with one attached hydrogen (secondary N) is 4. The zero-order valence-electron chi connectivity index (χ0n) is 22.4. The third kappa shape index (κ3) is 23.1. The lowest BCUT2D eigenvalue weighted by Crippen LogP contribution is -2.37. The van der Waals surface area contributed by atoms with E-state index in [9.17, 15) is 9.59 Å². The molecule has 0 aromatic rings. The SMILES string of the molecule is CCCCC(C)=NCCCNC(=O)NCCCCCCNC(=O)NCCCN=C(C)CCCC. The average Bonchev–Trinajstić information content (AvgIpc) is 2.82. The number of rotatable bonds is 21. The Labute approximate surface area is 208 Å². The molecule has 0 atom stereocenters. The Morgan fingerprint density at radius 1 is 0.529 bits per heavy atom. The number of carbonyl (C=O) groups excluding carboxylic acids is 2. The highest BCUT2D eigenvalue weighted by molar-refractivity contribution is 5.82. The van der Waals surface area contributed by atoms with Crippen molar-refractivity contribution in [3.63, 3.8) is 0 Å². The van der Waals surface area contributed by atoms with Gasteiger partial charge in [0.05, 0.1) is 0 Å². The van der Waals surface area contributed by atoms with E-state index in [-0.39, 0.29) is 12.1 Å². The molecule has 0 aliphatic carbocycles. The Kier molecular flexibility index (Phi) is 22.5. The fourth-order valence-electron chi connectivity index (χ4n) is 3.26. The topological polar surface area (TPSA) is 107 Å². The Hall–Kier alpha value is -2.12. The Balaban J connectivity index is 3.46. The minimum atomic E-state index is -0.105. The van der Waals surface area contributed by atoms with Gasteiger partial charge < -0.3 is 21.3 Å². The van der Waals surface area contributed by atoms with Gasteiger partial charge in [-0.3, -0.25) is 9.98 Å². The predicted molar refractivity (Wildman–Crippen MR) is 146 cm³/mol. The molecule has 34 heavy (non-hydrogen) atoms. The smallest absolute Gasteiger partial charge is 0.314 e. The molecule has 4 N–H and O–H groups in total. The number of unbranched alkanes of at least 4 members (excludes halogenated alkanes) is 5. The van der Waals surface area contributed by atoms with Gasteiger partial charge in [-0.05, 0) is 65.2 Å². The number of urea groups is 2. The summed E-state index contributed by atoms with van der Waals surface area (Å²) in [6, 6.07) is -0.210. The molecule has 0 radical (unpaired) electrons. The molecule has 0 saturated heterocycles. The van der Waals surface area contributed by atoms with E-state index >= 15 is 0 Å². The number of carbonyl (C=O) groups is 2. The highest BCUT2D eigenvalue weighted by atomic mass is 16.2. The molecule has 0 aliphatic rings. The van der Waals surface area contributed by atoms with Gasteiger partial charge in [0, 0.05) is 50.7 Å². The van der Waals surface area contributed by atoms with Crippen molar-refractivity contribution < 1.29 is 9.59 Å². The molecule has 0 rings (SSSR count). The summed E-state index contributed by atoms with van der Waals surface area (Å²) in [6.07, 6.45) is 12.6. The molecular formula is C26H52N6O2. The molecule has 198 valence electrons. The van der Waals surface area contributed by atoms with Crippen LogP contribution in [-0.2, 0) is 0 Å². The minimum absolute atomic E-state index is 0.105. The lowest BCUT2D eigenvalue weighted by atomic mass is 10.2. The van der Waals surface area contributed by atoms with Crippen LogP contribution in [0, 0.1) is 0 Å². The average molecular weight is 481 g/mol. The van der Waals surface area contributed by atoms with Crippen LogP contribution in [0.25, 0.3) is 0 Å². The number of amides is 4. The van der Waals surface area contributed by atoms with E-state index in [0.717, 1.165) is 64.5 Å². The van der Waals surface area contributed by atoms with Crippen molar-refractivity contribution in [1.29, 1.82) is 0 Å². The molecule has 8 nitrogen and oxygen atoms in total. The van der Waals surface area contributed by atoms with Crippen LogP contribution in [-0.4, -0.2) is 62.8 Å². The molecule has 8 heteroatoms. The summed E-state index contributed by atoms with van der Waals surface area (Å²) in [5.41, 5.74) is 2.41. The molecule has 0 fully saturated rings. The summed E-state index contributed by atoms with van der Waals surface area (Å²) in [7, 11) is 0. The monoisotopic (exact) mass is 480 g/mol. The third-order valence-electron chi connectivity index (χ3n) is 5.46. The fourth-order valence-corrected chi connectivity index (χ4v) is 3.26. The quantitative estimate of drug-likeness (QED) is 0.133. The second-order valence-corrected chi connectivity index (χ2v) is 8.93. The Morgan fingerprint density at radius 2 is 0.882 bits per heavy atom. The van der Waals surface area contributed by atoms with Crippen molar-refractivity contribution in [2.75, 3.05) is 39.3 Å². The van der Waals surface area contributed by atoms with E-state index in [0.29, 0.717) is 26.2 Å². The van der Waals surface area contributed by atoms with Crippen LogP contribution in [0.4, 0.5) is 9.59 Å². The van der Waals surface area contributed by atoms with Crippen LogP contribution in [0.1, 0.15) is 105 Å². The van der Waals surface area contributed by atoms with Crippen molar-refractivity contribution >= 4 is 23.5 Å². The lowest BCUT2D eigenvalue weighted by Gasteiger charge is -2.08. The zero-order valence-corrected chi connectivity index (χ0v) is 22.4. The minimum Gasteiger partial charge on any atom is -0.338 e. The number of nitrogens with zero attached hydrogens (tertiary/aromatic N) is 2. The molecule has 0 heterocycles. The molecule has 0 aromatic carbocycles. The first-order chi connectivity index (χ1) is 16.5. The van der Waals surface area contributed by atoms with Crippen molar-refractivity contribution in [1.82, 2.24) is 21.3 Å². The van der Waals surface area contributed by atoms with Crippen LogP contribution >= 0.6 is 0 Å². The Bertz CT molecular complexity index is 528. The molecular weight excluding hydrogens is 428 g/mol. The van der Waals surface area contributed by atoms with Gasteiger partial charge in [0.1, 0.15) is 0 Å². The van der Waals surface area contributed by atoms with Crippen molar-refractivity contribution in [2.24, 2.45) is 9.98 Å².